The van der Waals surface area contributed by atoms with E-state index < -0.39 is 5.97 Å². The topological polar surface area (TPSA) is 55.4 Å². The normalized spacial score (nSPS) is 11.0. The summed E-state index contributed by atoms with van der Waals surface area (Å²) in [6.45, 7) is 7.99. The molecular formula is C23H28FNO3S. The summed E-state index contributed by atoms with van der Waals surface area (Å²) in [6.07, 6.45) is 0.176. The lowest BCUT2D eigenvalue weighted by Crippen LogP contribution is -2.22. The second kappa shape index (κ2) is 11.0. The van der Waals surface area contributed by atoms with E-state index in [1.807, 2.05) is 18.2 Å². The fourth-order valence-corrected chi connectivity index (χ4v) is 3.71. The van der Waals surface area contributed by atoms with Crippen LogP contribution in [0.5, 0.6) is 0 Å². The van der Waals surface area contributed by atoms with Crippen molar-refractivity contribution >= 4 is 29.3 Å². The van der Waals surface area contributed by atoms with Crippen LogP contribution in [0, 0.1) is 5.82 Å². The zero-order valence-electron chi connectivity index (χ0n) is 17.3. The van der Waals surface area contributed by atoms with Crippen LogP contribution in [0.25, 0.3) is 0 Å². The maximum absolute atomic E-state index is 12.9. The van der Waals surface area contributed by atoms with Crippen LogP contribution in [0.3, 0.4) is 0 Å². The molecule has 156 valence electrons. The first-order valence-electron chi connectivity index (χ1n) is 9.74. The Hall–Kier alpha value is -2.34. The Kier molecular flexibility index (Phi) is 8.70. The third kappa shape index (κ3) is 7.20. The van der Waals surface area contributed by atoms with E-state index in [4.69, 9.17) is 4.74 Å². The second-order valence-electron chi connectivity index (χ2n) is 7.38. The van der Waals surface area contributed by atoms with Gasteiger partial charge in [0.15, 0.2) is 6.61 Å². The zero-order chi connectivity index (χ0) is 21.4. The molecule has 0 aliphatic rings. The summed E-state index contributed by atoms with van der Waals surface area (Å²) in [5.74, 6) is -0.0558. The van der Waals surface area contributed by atoms with Crippen molar-refractivity contribution in [2.24, 2.45) is 0 Å². The average Bonchev–Trinajstić information content (AvgIpc) is 2.67. The maximum Gasteiger partial charge on any atom is 0.307 e. The molecule has 4 nitrogen and oxygen atoms in total. The summed E-state index contributed by atoms with van der Waals surface area (Å²) >= 11 is 1.44. The number of nitrogens with one attached hydrogen (secondary N) is 1. The molecule has 0 aliphatic carbocycles. The summed E-state index contributed by atoms with van der Waals surface area (Å²) in [5, 5.41) is 2.93. The van der Waals surface area contributed by atoms with Crippen molar-refractivity contribution in [3.05, 3.63) is 59.4 Å². The molecule has 0 aromatic heterocycles. The van der Waals surface area contributed by atoms with Gasteiger partial charge in [0.1, 0.15) is 5.82 Å². The highest BCUT2D eigenvalue weighted by Gasteiger charge is 2.16. The Morgan fingerprint density at radius 2 is 1.59 bits per heavy atom. The fourth-order valence-electron chi connectivity index (χ4n) is 2.87. The van der Waals surface area contributed by atoms with E-state index in [2.05, 4.69) is 33.0 Å². The molecular weight excluding hydrogens is 389 g/mol. The molecule has 29 heavy (non-hydrogen) atoms. The van der Waals surface area contributed by atoms with Crippen LogP contribution < -0.4 is 5.32 Å². The summed E-state index contributed by atoms with van der Waals surface area (Å²) in [4.78, 5) is 25.2. The number of esters is 1. The Morgan fingerprint density at radius 1 is 1.00 bits per heavy atom. The smallest absolute Gasteiger partial charge is 0.307 e. The molecule has 0 heterocycles. The molecule has 1 amide bonds. The molecule has 2 aromatic rings. The Bertz CT molecular complexity index is 808. The zero-order valence-corrected chi connectivity index (χ0v) is 18.1. The highest BCUT2D eigenvalue weighted by atomic mass is 32.2. The Labute approximate surface area is 176 Å². The maximum atomic E-state index is 12.9. The predicted octanol–water partition coefficient (Wildman–Crippen LogP) is 5.74. The van der Waals surface area contributed by atoms with E-state index in [0.717, 1.165) is 21.7 Å². The molecule has 0 saturated heterocycles. The lowest BCUT2D eigenvalue weighted by Gasteiger charge is -2.20. The molecule has 1 N–H and O–H groups in total. The van der Waals surface area contributed by atoms with Crippen molar-refractivity contribution in [2.75, 3.05) is 17.7 Å². The molecule has 2 aromatic carbocycles. The van der Waals surface area contributed by atoms with Crippen LogP contribution in [0.15, 0.2) is 47.4 Å². The van der Waals surface area contributed by atoms with Gasteiger partial charge in [0, 0.05) is 16.3 Å². The van der Waals surface area contributed by atoms with Gasteiger partial charge >= 0.3 is 5.97 Å². The first kappa shape index (κ1) is 22.9. The highest BCUT2D eigenvalue weighted by molar-refractivity contribution is 7.99. The lowest BCUT2D eigenvalue weighted by atomic mass is 9.92. The molecule has 0 atom stereocenters. The SMILES string of the molecule is CC(C)c1cccc(C(C)C)c1NC(=O)COC(=O)CCSc1ccc(F)cc1. The third-order valence-corrected chi connectivity index (χ3v) is 5.40. The van der Waals surface area contributed by atoms with Crippen LogP contribution in [0.2, 0.25) is 0 Å². The second-order valence-corrected chi connectivity index (χ2v) is 8.55. The molecule has 0 unspecified atom stereocenters. The molecule has 0 spiro atoms. The van der Waals surface area contributed by atoms with E-state index in [1.54, 1.807) is 12.1 Å². The van der Waals surface area contributed by atoms with Crippen LogP contribution in [-0.2, 0) is 14.3 Å². The van der Waals surface area contributed by atoms with E-state index in [0.29, 0.717) is 5.75 Å². The molecule has 0 fully saturated rings. The molecule has 2 rings (SSSR count). The Morgan fingerprint density at radius 3 is 2.14 bits per heavy atom. The van der Waals surface area contributed by atoms with Gasteiger partial charge in [-0.05, 0) is 47.2 Å². The van der Waals surface area contributed by atoms with Gasteiger partial charge in [-0.3, -0.25) is 9.59 Å². The van der Waals surface area contributed by atoms with Crippen molar-refractivity contribution in [2.45, 2.75) is 50.8 Å². The van der Waals surface area contributed by atoms with Crippen molar-refractivity contribution in [1.29, 1.82) is 0 Å². The highest BCUT2D eigenvalue weighted by Crippen LogP contribution is 2.32. The fraction of sp³-hybridized carbons (Fsp3) is 0.391. The number of carbonyl (C=O) groups excluding carboxylic acids is 2. The number of hydrogen-bond donors (Lipinski definition) is 1. The number of carbonyl (C=O) groups is 2. The molecule has 6 heteroatoms. The van der Waals surface area contributed by atoms with Gasteiger partial charge in [-0.2, -0.15) is 0 Å². The van der Waals surface area contributed by atoms with E-state index in [-0.39, 0.29) is 36.6 Å². The van der Waals surface area contributed by atoms with Crippen LogP contribution in [0.4, 0.5) is 10.1 Å². The monoisotopic (exact) mass is 417 g/mol. The number of rotatable bonds is 9. The van der Waals surface area contributed by atoms with Crippen molar-refractivity contribution in [1.82, 2.24) is 0 Å². The number of anilines is 1. The Balaban J connectivity index is 1.85. The van der Waals surface area contributed by atoms with Gasteiger partial charge in [0.05, 0.1) is 6.42 Å². The van der Waals surface area contributed by atoms with Gasteiger partial charge < -0.3 is 10.1 Å². The van der Waals surface area contributed by atoms with Crippen LogP contribution in [-0.4, -0.2) is 24.2 Å². The minimum Gasteiger partial charge on any atom is -0.456 e. The van der Waals surface area contributed by atoms with E-state index in [1.165, 1.54) is 23.9 Å². The van der Waals surface area contributed by atoms with Gasteiger partial charge in [0.25, 0.3) is 5.91 Å². The predicted molar refractivity (Wildman–Crippen MR) is 116 cm³/mol. The number of thioether (sulfide) groups is 1. The number of ether oxygens (including phenoxy) is 1. The van der Waals surface area contributed by atoms with Gasteiger partial charge in [-0.15, -0.1) is 11.8 Å². The summed E-state index contributed by atoms with van der Waals surface area (Å²) in [5.41, 5.74) is 2.93. The minimum atomic E-state index is -0.434. The number of amides is 1. The molecule has 0 radical (unpaired) electrons. The quantitative estimate of drug-likeness (QED) is 0.418. The molecule has 0 saturated carbocycles. The standard InChI is InChI=1S/C23H28FNO3S/c1-15(2)19-6-5-7-20(16(3)4)23(19)25-21(26)14-28-22(27)12-13-29-18-10-8-17(24)9-11-18/h5-11,15-16H,12-14H2,1-4H3,(H,25,26). The number of para-hydroxylation sites is 1. The van der Waals surface area contributed by atoms with Crippen molar-refractivity contribution < 1.29 is 18.7 Å². The first-order valence-corrected chi connectivity index (χ1v) is 10.7. The largest absolute Gasteiger partial charge is 0.456 e. The molecule has 0 bridgehead atoms. The van der Waals surface area contributed by atoms with Gasteiger partial charge in [-0.1, -0.05) is 45.9 Å². The summed E-state index contributed by atoms with van der Waals surface area (Å²) < 4.78 is 18.0. The number of hydrogen-bond acceptors (Lipinski definition) is 4. The van der Waals surface area contributed by atoms with Gasteiger partial charge in [-0.25, -0.2) is 4.39 Å². The minimum absolute atomic E-state index is 0.176. The van der Waals surface area contributed by atoms with E-state index in [9.17, 15) is 14.0 Å². The third-order valence-electron chi connectivity index (χ3n) is 4.39. The van der Waals surface area contributed by atoms with Crippen molar-refractivity contribution in [3.63, 3.8) is 0 Å². The first-order chi connectivity index (χ1) is 13.8. The van der Waals surface area contributed by atoms with E-state index >= 15 is 0 Å². The lowest BCUT2D eigenvalue weighted by molar-refractivity contribution is -0.146. The number of halogens is 1. The number of benzene rings is 2. The van der Waals surface area contributed by atoms with Crippen molar-refractivity contribution in [3.8, 4) is 0 Å². The summed E-state index contributed by atoms with van der Waals surface area (Å²) in [6, 6.07) is 12.1. The molecule has 0 aliphatic heterocycles. The average molecular weight is 418 g/mol. The van der Waals surface area contributed by atoms with Crippen LogP contribution in [0.1, 0.15) is 57.1 Å². The van der Waals surface area contributed by atoms with Gasteiger partial charge in [0.2, 0.25) is 0 Å². The van der Waals surface area contributed by atoms with Crippen LogP contribution >= 0.6 is 11.8 Å². The summed E-state index contributed by atoms with van der Waals surface area (Å²) in [7, 11) is 0.